The van der Waals surface area contributed by atoms with Crippen LogP contribution < -0.4 is 10.0 Å². The molecule has 1 saturated carbocycles. The summed E-state index contributed by atoms with van der Waals surface area (Å²) in [5.74, 6) is 0.766. The number of anilines is 2. The maximum absolute atomic E-state index is 11.2. The first-order valence-electron chi connectivity index (χ1n) is 5.77. The fourth-order valence-electron chi connectivity index (χ4n) is 2.14. The SMILES string of the molecule is CC1CC(Nc2ccccc2NS(C)(=O)=O)C1. The minimum atomic E-state index is -3.22. The van der Waals surface area contributed by atoms with Gasteiger partial charge in [-0.3, -0.25) is 4.72 Å². The van der Waals surface area contributed by atoms with E-state index in [1.54, 1.807) is 6.07 Å². The molecule has 0 radical (unpaired) electrons. The zero-order valence-corrected chi connectivity index (χ0v) is 10.9. The monoisotopic (exact) mass is 254 g/mol. The molecule has 0 spiro atoms. The summed E-state index contributed by atoms with van der Waals surface area (Å²) >= 11 is 0. The van der Waals surface area contributed by atoms with E-state index in [-0.39, 0.29) is 0 Å². The summed E-state index contributed by atoms with van der Waals surface area (Å²) in [6.45, 7) is 2.22. The standard InChI is InChI=1S/C12H18N2O2S/c1-9-7-10(8-9)13-11-5-3-4-6-12(11)14-17(2,15)16/h3-6,9-10,13-14H,7-8H2,1-2H3. The summed E-state index contributed by atoms with van der Waals surface area (Å²) in [7, 11) is -3.22. The molecule has 0 atom stereocenters. The minimum Gasteiger partial charge on any atom is -0.381 e. The Hall–Kier alpha value is -1.23. The van der Waals surface area contributed by atoms with E-state index in [0.29, 0.717) is 11.7 Å². The topological polar surface area (TPSA) is 58.2 Å². The lowest BCUT2D eigenvalue weighted by atomic mass is 9.82. The van der Waals surface area contributed by atoms with Gasteiger partial charge >= 0.3 is 0 Å². The van der Waals surface area contributed by atoms with Gasteiger partial charge < -0.3 is 5.32 Å². The maximum Gasteiger partial charge on any atom is 0.229 e. The van der Waals surface area contributed by atoms with Crippen LogP contribution in [0.2, 0.25) is 0 Å². The van der Waals surface area contributed by atoms with Crippen molar-refractivity contribution in [2.24, 2.45) is 5.92 Å². The van der Waals surface area contributed by atoms with E-state index in [9.17, 15) is 8.42 Å². The van der Waals surface area contributed by atoms with Crippen LogP contribution in [0.25, 0.3) is 0 Å². The molecule has 0 bridgehead atoms. The average Bonchev–Trinajstić information content (AvgIpc) is 2.16. The quantitative estimate of drug-likeness (QED) is 0.866. The van der Waals surface area contributed by atoms with E-state index in [0.717, 1.165) is 30.7 Å². The predicted molar refractivity (Wildman–Crippen MR) is 70.7 cm³/mol. The Labute approximate surface area is 102 Å². The third-order valence-corrected chi connectivity index (χ3v) is 3.55. The molecule has 1 aliphatic carbocycles. The van der Waals surface area contributed by atoms with Crippen LogP contribution in [-0.4, -0.2) is 20.7 Å². The van der Waals surface area contributed by atoms with Gasteiger partial charge in [0.05, 0.1) is 17.6 Å². The second-order valence-electron chi connectivity index (χ2n) is 4.84. The normalized spacial score (nSPS) is 23.9. The molecule has 4 nitrogen and oxygen atoms in total. The van der Waals surface area contributed by atoms with Gasteiger partial charge in [0.2, 0.25) is 10.0 Å². The molecule has 94 valence electrons. The van der Waals surface area contributed by atoms with E-state index < -0.39 is 10.0 Å². The van der Waals surface area contributed by atoms with Crippen molar-refractivity contribution < 1.29 is 8.42 Å². The van der Waals surface area contributed by atoms with E-state index in [1.807, 2.05) is 18.2 Å². The molecular weight excluding hydrogens is 236 g/mol. The van der Waals surface area contributed by atoms with Crippen LogP contribution in [0.15, 0.2) is 24.3 Å². The molecule has 0 aromatic heterocycles. The Morgan fingerprint density at radius 1 is 1.18 bits per heavy atom. The highest BCUT2D eigenvalue weighted by atomic mass is 32.2. The van der Waals surface area contributed by atoms with Gasteiger partial charge in [-0.25, -0.2) is 8.42 Å². The van der Waals surface area contributed by atoms with E-state index in [1.165, 1.54) is 0 Å². The van der Waals surface area contributed by atoms with Crippen LogP contribution in [0, 0.1) is 5.92 Å². The Kier molecular flexibility index (Phi) is 3.28. The molecule has 0 heterocycles. The Morgan fingerprint density at radius 3 is 2.29 bits per heavy atom. The number of hydrogen-bond donors (Lipinski definition) is 2. The lowest BCUT2D eigenvalue weighted by molar-refractivity contribution is 0.309. The highest BCUT2D eigenvalue weighted by Gasteiger charge is 2.25. The summed E-state index contributed by atoms with van der Waals surface area (Å²) in [6, 6.07) is 7.86. The van der Waals surface area contributed by atoms with Crippen molar-refractivity contribution in [2.45, 2.75) is 25.8 Å². The van der Waals surface area contributed by atoms with Crippen molar-refractivity contribution in [1.82, 2.24) is 0 Å². The molecule has 1 aromatic carbocycles. The molecular formula is C12H18N2O2S. The fraction of sp³-hybridized carbons (Fsp3) is 0.500. The minimum absolute atomic E-state index is 0.465. The number of hydrogen-bond acceptors (Lipinski definition) is 3. The summed E-state index contributed by atoms with van der Waals surface area (Å²) in [4.78, 5) is 0. The van der Waals surface area contributed by atoms with Crippen LogP contribution >= 0.6 is 0 Å². The third kappa shape index (κ3) is 3.36. The predicted octanol–water partition coefficient (Wildman–Crippen LogP) is 2.27. The lowest BCUT2D eigenvalue weighted by Gasteiger charge is -2.34. The highest BCUT2D eigenvalue weighted by Crippen LogP contribution is 2.32. The first-order chi connectivity index (χ1) is 7.94. The van der Waals surface area contributed by atoms with Crippen LogP contribution in [0.1, 0.15) is 19.8 Å². The van der Waals surface area contributed by atoms with Gasteiger partial charge in [0, 0.05) is 6.04 Å². The molecule has 1 aromatic rings. The van der Waals surface area contributed by atoms with Crippen LogP contribution in [-0.2, 0) is 10.0 Å². The number of benzene rings is 1. The first-order valence-corrected chi connectivity index (χ1v) is 7.66. The van der Waals surface area contributed by atoms with Gasteiger partial charge in [0.15, 0.2) is 0 Å². The Balaban J connectivity index is 2.10. The maximum atomic E-state index is 11.2. The third-order valence-electron chi connectivity index (χ3n) is 2.96. The van der Waals surface area contributed by atoms with E-state index >= 15 is 0 Å². The molecule has 5 heteroatoms. The summed E-state index contributed by atoms with van der Waals surface area (Å²) in [5, 5.41) is 3.37. The Bertz CT molecular complexity index is 493. The van der Waals surface area contributed by atoms with Crippen molar-refractivity contribution >= 4 is 21.4 Å². The molecule has 0 aliphatic heterocycles. The molecule has 0 unspecified atom stereocenters. The van der Waals surface area contributed by atoms with Crippen molar-refractivity contribution in [2.75, 3.05) is 16.3 Å². The number of para-hydroxylation sites is 2. The first kappa shape index (κ1) is 12.2. The Morgan fingerprint density at radius 2 is 1.76 bits per heavy atom. The highest BCUT2D eigenvalue weighted by molar-refractivity contribution is 7.92. The summed E-state index contributed by atoms with van der Waals surface area (Å²) < 4.78 is 25.0. The van der Waals surface area contributed by atoms with Crippen molar-refractivity contribution in [3.05, 3.63) is 24.3 Å². The number of sulfonamides is 1. The largest absolute Gasteiger partial charge is 0.381 e. The fourth-order valence-corrected chi connectivity index (χ4v) is 2.72. The van der Waals surface area contributed by atoms with Crippen LogP contribution in [0.5, 0.6) is 0 Å². The van der Waals surface area contributed by atoms with Crippen molar-refractivity contribution in [3.63, 3.8) is 0 Å². The van der Waals surface area contributed by atoms with Crippen LogP contribution in [0.3, 0.4) is 0 Å². The molecule has 1 fully saturated rings. The van der Waals surface area contributed by atoms with Gasteiger partial charge in [-0.2, -0.15) is 0 Å². The van der Waals surface area contributed by atoms with Gasteiger partial charge in [0.1, 0.15) is 0 Å². The molecule has 2 rings (SSSR count). The second kappa shape index (κ2) is 4.56. The van der Waals surface area contributed by atoms with Gasteiger partial charge in [-0.1, -0.05) is 19.1 Å². The van der Waals surface area contributed by atoms with Gasteiger partial charge in [-0.05, 0) is 30.9 Å². The molecule has 0 amide bonds. The molecule has 0 saturated heterocycles. The summed E-state index contributed by atoms with van der Waals surface area (Å²) in [6.07, 6.45) is 3.45. The van der Waals surface area contributed by atoms with Gasteiger partial charge in [-0.15, -0.1) is 0 Å². The van der Waals surface area contributed by atoms with Crippen molar-refractivity contribution in [3.8, 4) is 0 Å². The molecule has 2 N–H and O–H groups in total. The van der Waals surface area contributed by atoms with Crippen LogP contribution in [0.4, 0.5) is 11.4 Å². The second-order valence-corrected chi connectivity index (χ2v) is 6.59. The van der Waals surface area contributed by atoms with Crippen molar-refractivity contribution in [1.29, 1.82) is 0 Å². The van der Waals surface area contributed by atoms with Gasteiger partial charge in [0.25, 0.3) is 0 Å². The number of rotatable bonds is 4. The van der Waals surface area contributed by atoms with E-state index in [4.69, 9.17) is 0 Å². The zero-order valence-electron chi connectivity index (χ0n) is 10.1. The number of nitrogens with one attached hydrogen (secondary N) is 2. The average molecular weight is 254 g/mol. The molecule has 17 heavy (non-hydrogen) atoms. The summed E-state index contributed by atoms with van der Waals surface area (Å²) in [5.41, 5.74) is 1.48. The zero-order chi connectivity index (χ0) is 12.5. The molecule has 1 aliphatic rings. The lowest BCUT2D eigenvalue weighted by Crippen LogP contribution is -2.34. The smallest absolute Gasteiger partial charge is 0.229 e. The van der Waals surface area contributed by atoms with E-state index in [2.05, 4.69) is 17.0 Å².